The SMILES string of the molecule is [2H][C@@]12OC3(CCCCC3)O[C@]1([2H])C(=O)OC2O. The van der Waals surface area contributed by atoms with Gasteiger partial charge < -0.3 is 19.3 Å². The summed E-state index contributed by atoms with van der Waals surface area (Å²) in [6, 6.07) is 0. The van der Waals surface area contributed by atoms with Crippen LogP contribution in [0, 0.1) is 0 Å². The van der Waals surface area contributed by atoms with Crippen LogP contribution in [0.15, 0.2) is 0 Å². The Hall–Kier alpha value is -0.650. The molecule has 15 heavy (non-hydrogen) atoms. The normalized spacial score (nSPS) is 54.7. The third kappa shape index (κ3) is 1.38. The smallest absolute Gasteiger partial charge is 0.340 e. The van der Waals surface area contributed by atoms with E-state index in [1.807, 2.05) is 0 Å². The highest BCUT2D eigenvalue weighted by Crippen LogP contribution is 2.43. The van der Waals surface area contributed by atoms with Crippen molar-refractivity contribution in [3.05, 3.63) is 0 Å². The van der Waals surface area contributed by atoms with Gasteiger partial charge in [-0.05, 0) is 12.8 Å². The number of esters is 1. The second-order valence-corrected chi connectivity index (χ2v) is 4.13. The quantitative estimate of drug-likeness (QED) is 0.590. The summed E-state index contributed by atoms with van der Waals surface area (Å²) in [7, 11) is 0. The van der Waals surface area contributed by atoms with Crippen LogP contribution in [0.2, 0.25) is 0 Å². The number of hydrogen-bond acceptors (Lipinski definition) is 5. The maximum atomic E-state index is 11.5. The molecule has 2 aliphatic heterocycles. The van der Waals surface area contributed by atoms with E-state index >= 15 is 0 Å². The number of carbonyl (C=O) groups is 1. The maximum Gasteiger partial charge on any atom is 0.340 e. The molecule has 5 heteroatoms. The molecule has 3 atom stereocenters. The van der Waals surface area contributed by atoms with E-state index in [1.54, 1.807) is 0 Å². The Bertz CT molecular complexity index is 370. The number of aliphatic hydroxyl groups excluding tert-OH is 1. The maximum absolute atomic E-state index is 11.5. The fourth-order valence-electron chi connectivity index (χ4n) is 2.31. The van der Waals surface area contributed by atoms with E-state index in [1.165, 1.54) is 0 Å². The number of aliphatic hydroxyl groups is 1. The highest BCUT2D eigenvalue weighted by molar-refractivity contribution is 5.78. The average Bonchev–Trinajstić information content (AvgIpc) is 2.57. The molecule has 3 aliphatic rings. The van der Waals surface area contributed by atoms with Crippen LogP contribution in [-0.4, -0.2) is 35.3 Å². The van der Waals surface area contributed by atoms with Crippen LogP contribution in [0.5, 0.6) is 0 Å². The second-order valence-electron chi connectivity index (χ2n) is 4.13. The van der Waals surface area contributed by atoms with Crippen LogP contribution in [0.3, 0.4) is 0 Å². The zero-order valence-corrected chi connectivity index (χ0v) is 8.19. The summed E-state index contributed by atoms with van der Waals surface area (Å²) in [4.78, 5) is 11.5. The Labute approximate surface area is 90.1 Å². The van der Waals surface area contributed by atoms with Crippen molar-refractivity contribution in [1.82, 2.24) is 0 Å². The molecule has 1 saturated carbocycles. The molecule has 0 aromatic carbocycles. The van der Waals surface area contributed by atoms with Crippen LogP contribution in [0.1, 0.15) is 34.8 Å². The molecule has 2 saturated heterocycles. The first-order valence-electron chi connectivity index (χ1n) is 6.21. The molecule has 3 fully saturated rings. The summed E-state index contributed by atoms with van der Waals surface area (Å²) in [5, 5.41) is 9.55. The van der Waals surface area contributed by atoms with Gasteiger partial charge in [0.15, 0.2) is 17.9 Å². The van der Waals surface area contributed by atoms with Gasteiger partial charge in [0.25, 0.3) is 0 Å². The fraction of sp³-hybridized carbons (Fsp3) is 0.900. The van der Waals surface area contributed by atoms with Crippen molar-refractivity contribution in [2.75, 3.05) is 0 Å². The van der Waals surface area contributed by atoms with Gasteiger partial charge in [0.2, 0.25) is 6.29 Å². The van der Waals surface area contributed by atoms with E-state index in [0.717, 1.165) is 19.3 Å². The van der Waals surface area contributed by atoms with Gasteiger partial charge in [-0.25, -0.2) is 4.79 Å². The summed E-state index contributed by atoms with van der Waals surface area (Å²) < 4.78 is 31.2. The van der Waals surface area contributed by atoms with Crippen LogP contribution < -0.4 is 0 Å². The van der Waals surface area contributed by atoms with Crippen molar-refractivity contribution < 1.29 is 26.9 Å². The number of cyclic esters (lactones) is 1. The summed E-state index contributed by atoms with van der Waals surface area (Å²) in [6.07, 6.45) is -2.39. The fourth-order valence-corrected chi connectivity index (χ4v) is 2.31. The molecule has 0 radical (unpaired) electrons. The van der Waals surface area contributed by atoms with Crippen molar-refractivity contribution in [2.45, 2.75) is 56.3 Å². The minimum absolute atomic E-state index is 0.536. The third-order valence-electron chi connectivity index (χ3n) is 3.05. The number of rotatable bonds is 0. The average molecular weight is 216 g/mol. The Morgan fingerprint density at radius 2 is 2.07 bits per heavy atom. The van der Waals surface area contributed by atoms with E-state index in [0.29, 0.717) is 12.8 Å². The molecule has 0 bridgehead atoms. The van der Waals surface area contributed by atoms with E-state index in [-0.39, 0.29) is 0 Å². The molecule has 1 spiro atoms. The second kappa shape index (κ2) is 3.17. The van der Waals surface area contributed by atoms with Gasteiger partial charge in [-0.15, -0.1) is 0 Å². The summed E-state index contributed by atoms with van der Waals surface area (Å²) >= 11 is 0. The Balaban J connectivity index is 1.97. The molecular weight excluding hydrogens is 200 g/mol. The van der Waals surface area contributed by atoms with Gasteiger partial charge in [-0.1, -0.05) is 6.42 Å². The van der Waals surface area contributed by atoms with Gasteiger partial charge in [0, 0.05) is 12.8 Å². The Kier molecular flexibility index (Phi) is 1.60. The largest absolute Gasteiger partial charge is 0.431 e. The topological polar surface area (TPSA) is 65.0 Å². The van der Waals surface area contributed by atoms with E-state index < -0.39 is 30.2 Å². The summed E-state index contributed by atoms with van der Waals surface area (Å²) in [6.45, 7) is 0. The first kappa shape index (κ1) is 7.60. The summed E-state index contributed by atoms with van der Waals surface area (Å²) in [5.74, 6) is -2.13. The molecule has 0 amide bonds. The highest BCUT2D eigenvalue weighted by atomic mass is 16.8. The molecule has 2 heterocycles. The van der Waals surface area contributed by atoms with Crippen LogP contribution in [0.4, 0.5) is 0 Å². The first-order valence-corrected chi connectivity index (χ1v) is 5.21. The standard InChI is InChI=1S/C10H14O5/c11-8-6-7(9(12)13-8)15-10(14-6)4-2-1-3-5-10/h6-8,11H,1-5H2/t6-,7+,8?/m1/s1/i6D,7D. The van der Waals surface area contributed by atoms with Gasteiger partial charge in [0.05, 0.1) is 2.74 Å². The van der Waals surface area contributed by atoms with Gasteiger partial charge in [0.1, 0.15) is 0 Å². The lowest BCUT2D eigenvalue weighted by Crippen LogP contribution is -2.36. The lowest BCUT2D eigenvalue weighted by molar-refractivity contribution is -0.233. The number of ether oxygens (including phenoxy) is 3. The van der Waals surface area contributed by atoms with Gasteiger partial charge in [-0.3, -0.25) is 0 Å². The molecule has 0 aromatic heterocycles. The van der Waals surface area contributed by atoms with Crippen molar-refractivity contribution >= 4 is 5.97 Å². The molecule has 84 valence electrons. The van der Waals surface area contributed by atoms with Crippen molar-refractivity contribution in [3.63, 3.8) is 0 Å². The Morgan fingerprint density at radius 3 is 2.73 bits per heavy atom. The Morgan fingerprint density at radius 1 is 1.33 bits per heavy atom. The zero-order chi connectivity index (χ0) is 12.3. The number of carbonyl (C=O) groups excluding carboxylic acids is 1. The first-order chi connectivity index (χ1) is 7.92. The van der Waals surface area contributed by atoms with Crippen LogP contribution >= 0.6 is 0 Å². The summed E-state index contributed by atoms with van der Waals surface area (Å²) in [5.41, 5.74) is 0. The predicted octanol–water partition coefficient (Wildman–Crippen LogP) is 0.306. The lowest BCUT2D eigenvalue weighted by Gasteiger charge is -2.32. The van der Waals surface area contributed by atoms with Gasteiger partial charge >= 0.3 is 5.97 Å². The predicted molar refractivity (Wildman–Crippen MR) is 47.7 cm³/mol. The molecule has 5 nitrogen and oxygen atoms in total. The minimum Gasteiger partial charge on any atom is -0.431 e. The third-order valence-corrected chi connectivity index (χ3v) is 3.05. The minimum atomic E-state index is -2.27. The highest BCUT2D eigenvalue weighted by Gasteiger charge is 2.58. The molecule has 1 N–H and O–H groups in total. The molecular formula is C10H14O5. The van der Waals surface area contributed by atoms with Gasteiger partial charge in [-0.2, -0.15) is 0 Å². The van der Waals surface area contributed by atoms with E-state index in [2.05, 4.69) is 4.74 Å². The number of fused-ring (bicyclic) bond motifs is 1. The zero-order valence-electron chi connectivity index (χ0n) is 10.2. The van der Waals surface area contributed by atoms with Crippen LogP contribution in [-0.2, 0) is 19.0 Å². The van der Waals surface area contributed by atoms with E-state index in [9.17, 15) is 9.90 Å². The molecule has 3 rings (SSSR count). The van der Waals surface area contributed by atoms with E-state index in [4.69, 9.17) is 12.2 Å². The molecule has 0 aromatic rings. The van der Waals surface area contributed by atoms with Crippen molar-refractivity contribution in [2.24, 2.45) is 0 Å². The molecule has 1 aliphatic carbocycles. The lowest BCUT2D eigenvalue weighted by atomic mass is 9.94. The van der Waals surface area contributed by atoms with Crippen molar-refractivity contribution in [3.8, 4) is 0 Å². The van der Waals surface area contributed by atoms with Crippen molar-refractivity contribution in [1.29, 1.82) is 0 Å². The monoisotopic (exact) mass is 216 g/mol. The number of hydrogen-bond donors (Lipinski definition) is 1. The molecule has 1 unspecified atom stereocenters. The van der Waals surface area contributed by atoms with Crippen LogP contribution in [0.25, 0.3) is 0 Å².